The summed E-state index contributed by atoms with van der Waals surface area (Å²) in [7, 11) is 0. The molecule has 5 rings (SSSR count). The summed E-state index contributed by atoms with van der Waals surface area (Å²) in [5, 5.41) is 0. The molecule has 0 aliphatic heterocycles. The molecule has 0 amide bonds. The highest BCUT2D eigenvalue weighted by molar-refractivity contribution is 5.79. The van der Waals surface area contributed by atoms with Crippen LogP contribution in [0, 0.1) is 0 Å². The Labute approximate surface area is 135 Å². The predicted molar refractivity (Wildman–Crippen MR) is 93.5 cm³/mol. The van der Waals surface area contributed by atoms with Crippen LogP contribution in [-0.2, 0) is 6.42 Å². The van der Waals surface area contributed by atoms with Crippen molar-refractivity contribution in [1.82, 2.24) is 0 Å². The summed E-state index contributed by atoms with van der Waals surface area (Å²) >= 11 is 0. The van der Waals surface area contributed by atoms with Gasteiger partial charge in [0, 0.05) is 17.5 Å². The highest BCUT2D eigenvalue weighted by atomic mass is 16.5. The maximum absolute atomic E-state index is 6.39. The Hall–Kier alpha value is -2.80. The number of hydrogen-bond acceptors (Lipinski definition) is 1. The Morgan fingerprint density at radius 3 is 2.61 bits per heavy atom. The van der Waals surface area contributed by atoms with E-state index in [4.69, 9.17) is 4.74 Å². The van der Waals surface area contributed by atoms with Crippen molar-refractivity contribution in [2.24, 2.45) is 0 Å². The molecular formula is C22H16O. The van der Waals surface area contributed by atoms with Crippen LogP contribution in [0.1, 0.15) is 28.4 Å². The minimum Gasteiger partial charge on any atom is -0.481 e. The third kappa shape index (κ3) is 1.93. The number of benzene rings is 3. The zero-order valence-corrected chi connectivity index (χ0v) is 12.7. The van der Waals surface area contributed by atoms with Crippen LogP contribution in [0.15, 0.2) is 72.8 Å². The zero-order chi connectivity index (χ0) is 15.2. The molecule has 0 spiro atoms. The Balaban J connectivity index is 1.54. The molecule has 2 aliphatic rings. The van der Waals surface area contributed by atoms with Gasteiger partial charge in [-0.1, -0.05) is 66.7 Å². The lowest BCUT2D eigenvalue weighted by atomic mass is 10.1. The molecule has 1 heteroatoms. The smallest absolute Gasteiger partial charge is 0.143 e. The lowest BCUT2D eigenvalue weighted by molar-refractivity contribution is 0.257. The quantitative estimate of drug-likeness (QED) is 0.481. The second-order valence-electron chi connectivity index (χ2n) is 6.14. The molecule has 3 aromatic rings. The molecule has 1 nitrogen and oxygen atoms in total. The number of ether oxygens (including phenoxy) is 1. The van der Waals surface area contributed by atoms with E-state index in [1.54, 1.807) is 0 Å². The Morgan fingerprint density at radius 1 is 0.783 bits per heavy atom. The van der Waals surface area contributed by atoms with Crippen LogP contribution in [0.4, 0.5) is 0 Å². The molecule has 0 saturated heterocycles. The first-order chi connectivity index (χ1) is 11.4. The largest absolute Gasteiger partial charge is 0.481 e. The van der Waals surface area contributed by atoms with Crippen LogP contribution in [0.3, 0.4) is 0 Å². The zero-order valence-electron chi connectivity index (χ0n) is 12.7. The van der Waals surface area contributed by atoms with Gasteiger partial charge in [-0.15, -0.1) is 0 Å². The summed E-state index contributed by atoms with van der Waals surface area (Å²) in [4.78, 5) is 0. The Bertz CT molecular complexity index is 936. The van der Waals surface area contributed by atoms with E-state index in [1.165, 1.54) is 33.4 Å². The molecule has 0 saturated carbocycles. The molecule has 0 fully saturated rings. The standard InChI is InChI=1S/C22H16O/c1-4-9-18-15(6-1)12-13-22(18)23-21-11-5-10-19-17-8-3-2-7-16(17)14-20(19)21/h1-13,22H,14H2. The summed E-state index contributed by atoms with van der Waals surface area (Å²) in [6.45, 7) is 0. The van der Waals surface area contributed by atoms with Crippen molar-refractivity contribution in [3.63, 3.8) is 0 Å². The first-order valence-corrected chi connectivity index (χ1v) is 8.04. The second-order valence-corrected chi connectivity index (χ2v) is 6.14. The van der Waals surface area contributed by atoms with E-state index in [9.17, 15) is 0 Å². The van der Waals surface area contributed by atoms with Gasteiger partial charge in [0.15, 0.2) is 0 Å². The van der Waals surface area contributed by atoms with Crippen molar-refractivity contribution in [3.05, 3.63) is 95.1 Å². The second kappa shape index (κ2) is 4.85. The summed E-state index contributed by atoms with van der Waals surface area (Å²) in [5.74, 6) is 1.00. The van der Waals surface area contributed by atoms with E-state index in [1.807, 2.05) is 0 Å². The molecule has 1 unspecified atom stereocenters. The van der Waals surface area contributed by atoms with E-state index in [0.717, 1.165) is 12.2 Å². The maximum Gasteiger partial charge on any atom is 0.143 e. The van der Waals surface area contributed by atoms with Crippen LogP contribution in [-0.4, -0.2) is 0 Å². The topological polar surface area (TPSA) is 9.23 Å². The van der Waals surface area contributed by atoms with Gasteiger partial charge in [0.05, 0.1) is 0 Å². The van der Waals surface area contributed by atoms with Crippen LogP contribution in [0.2, 0.25) is 0 Å². The fraction of sp³-hybridized carbons (Fsp3) is 0.0909. The van der Waals surface area contributed by atoms with Crippen LogP contribution < -0.4 is 4.74 Å². The van der Waals surface area contributed by atoms with Crippen molar-refractivity contribution < 1.29 is 4.74 Å². The van der Waals surface area contributed by atoms with Gasteiger partial charge in [-0.3, -0.25) is 0 Å². The molecule has 0 N–H and O–H groups in total. The minimum absolute atomic E-state index is 0.0152. The molecule has 0 bridgehead atoms. The van der Waals surface area contributed by atoms with E-state index in [0.29, 0.717) is 0 Å². The van der Waals surface area contributed by atoms with Gasteiger partial charge in [0.1, 0.15) is 11.9 Å². The van der Waals surface area contributed by atoms with Gasteiger partial charge < -0.3 is 4.74 Å². The van der Waals surface area contributed by atoms with Crippen molar-refractivity contribution >= 4 is 6.08 Å². The van der Waals surface area contributed by atoms with Gasteiger partial charge >= 0.3 is 0 Å². The molecule has 3 aromatic carbocycles. The van der Waals surface area contributed by atoms with Gasteiger partial charge in [0.25, 0.3) is 0 Å². The van der Waals surface area contributed by atoms with E-state index in [-0.39, 0.29) is 6.10 Å². The Morgan fingerprint density at radius 2 is 1.61 bits per heavy atom. The van der Waals surface area contributed by atoms with Gasteiger partial charge in [0.2, 0.25) is 0 Å². The monoisotopic (exact) mass is 296 g/mol. The predicted octanol–water partition coefficient (Wildman–Crippen LogP) is 5.40. The molecule has 110 valence electrons. The highest BCUT2D eigenvalue weighted by Gasteiger charge is 2.24. The first kappa shape index (κ1) is 12.7. The lowest BCUT2D eigenvalue weighted by Gasteiger charge is -2.17. The molecule has 23 heavy (non-hydrogen) atoms. The fourth-order valence-electron chi connectivity index (χ4n) is 3.69. The van der Waals surface area contributed by atoms with Gasteiger partial charge in [-0.05, 0) is 34.4 Å². The molecule has 1 atom stereocenters. The van der Waals surface area contributed by atoms with E-state index < -0.39 is 0 Å². The molecule has 0 radical (unpaired) electrons. The van der Waals surface area contributed by atoms with Crippen LogP contribution >= 0.6 is 0 Å². The number of rotatable bonds is 2. The first-order valence-electron chi connectivity index (χ1n) is 8.04. The third-order valence-electron chi connectivity index (χ3n) is 4.81. The van der Waals surface area contributed by atoms with Crippen molar-refractivity contribution in [2.45, 2.75) is 12.5 Å². The molecule has 0 heterocycles. The summed E-state index contributed by atoms with van der Waals surface area (Å²) in [6.07, 6.45) is 5.27. The van der Waals surface area contributed by atoms with Crippen LogP contribution in [0.25, 0.3) is 17.2 Å². The number of hydrogen-bond donors (Lipinski definition) is 0. The Kier molecular flexibility index (Phi) is 2.68. The van der Waals surface area contributed by atoms with Crippen molar-refractivity contribution in [1.29, 1.82) is 0 Å². The maximum atomic E-state index is 6.39. The van der Waals surface area contributed by atoms with E-state index >= 15 is 0 Å². The van der Waals surface area contributed by atoms with Gasteiger partial charge in [-0.25, -0.2) is 0 Å². The summed E-state index contributed by atoms with van der Waals surface area (Å²) < 4.78 is 6.39. The highest BCUT2D eigenvalue weighted by Crippen LogP contribution is 2.43. The molecule has 2 aliphatic carbocycles. The summed E-state index contributed by atoms with van der Waals surface area (Å²) in [5.41, 5.74) is 7.87. The van der Waals surface area contributed by atoms with Crippen molar-refractivity contribution in [3.8, 4) is 16.9 Å². The minimum atomic E-state index is 0.0152. The SMILES string of the molecule is C1=CC(Oc2cccc3c2Cc2ccccc2-3)c2ccccc21. The third-order valence-corrected chi connectivity index (χ3v) is 4.81. The van der Waals surface area contributed by atoms with Crippen molar-refractivity contribution in [2.75, 3.05) is 0 Å². The molecule has 0 aromatic heterocycles. The van der Waals surface area contributed by atoms with E-state index in [2.05, 4.69) is 78.9 Å². The average Bonchev–Trinajstić information content (AvgIpc) is 3.17. The average molecular weight is 296 g/mol. The lowest BCUT2D eigenvalue weighted by Crippen LogP contribution is -2.04. The van der Waals surface area contributed by atoms with Gasteiger partial charge in [-0.2, -0.15) is 0 Å². The normalized spacial score (nSPS) is 16.8. The number of fused-ring (bicyclic) bond motifs is 4. The fourth-order valence-corrected chi connectivity index (χ4v) is 3.69. The van der Waals surface area contributed by atoms with Crippen LogP contribution in [0.5, 0.6) is 5.75 Å². The molecular weight excluding hydrogens is 280 g/mol. The summed E-state index contributed by atoms with van der Waals surface area (Å²) in [6, 6.07) is 23.5.